The lowest BCUT2D eigenvalue weighted by Crippen LogP contribution is -2.53. The Kier molecular flexibility index (Phi) is 9.91. The number of nitrogens with one attached hydrogen (secondary N) is 1. The number of amides is 2. The minimum atomic E-state index is -0.903. The zero-order valence-electron chi connectivity index (χ0n) is 23.1. The van der Waals surface area contributed by atoms with Crippen LogP contribution in [0.3, 0.4) is 0 Å². The van der Waals surface area contributed by atoms with Gasteiger partial charge >= 0.3 is 12.1 Å². The molecule has 0 bridgehead atoms. The first-order valence-corrected chi connectivity index (χ1v) is 13.7. The van der Waals surface area contributed by atoms with E-state index in [1.165, 1.54) is 0 Å². The van der Waals surface area contributed by atoms with Gasteiger partial charge in [-0.15, -0.1) is 0 Å². The Bertz CT molecular complexity index is 1270. The molecule has 1 aliphatic carbocycles. The largest absolute Gasteiger partial charge is 0.481 e. The Morgan fingerprint density at radius 2 is 1.52 bits per heavy atom. The molecule has 0 saturated carbocycles. The average molecular weight is 544 g/mol. The highest BCUT2D eigenvalue weighted by atomic mass is 16.5. The van der Waals surface area contributed by atoms with Gasteiger partial charge in [-0.25, -0.2) is 4.79 Å². The number of aliphatic carboxylic acids is 1. The van der Waals surface area contributed by atoms with Crippen molar-refractivity contribution in [3.63, 3.8) is 0 Å². The fourth-order valence-corrected chi connectivity index (χ4v) is 5.30. The number of carbonyl (C=O) groups excluding carboxylic acids is 2. The van der Waals surface area contributed by atoms with Gasteiger partial charge in [0.15, 0.2) is 0 Å². The lowest BCUT2D eigenvalue weighted by atomic mass is 9.98. The first kappa shape index (κ1) is 28.8. The molecule has 2 amide bonds. The van der Waals surface area contributed by atoms with Gasteiger partial charge in [0.1, 0.15) is 12.6 Å². The van der Waals surface area contributed by atoms with E-state index in [0.29, 0.717) is 26.1 Å². The lowest BCUT2D eigenvalue weighted by Gasteiger charge is -2.29. The molecule has 0 radical (unpaired) electrons. The molecule has 3 aromatic rings. The minimum Gasteiger partial charge on any atom is -0.481 e. The highest BCUT2D eigenvalue weighted by Crippen LogP contribution is 2.44. The number of alkyl carbamates (subject to hydrolysis) is 1. The maximum atomic E-state index is 13.5. The Morgan fingerprint density at radius 1 is 0.925 bits per heavy atom. The van der Waals surface area contributed by atoms with Gasteiger partial charge in [0, 0.05) is 38.5 Å². The molecular weight excluding hydrogens is 506 g/mol. The van der Waals surface area contributed by atoms with E-state index in [4.69, 9.17) is 9.84 Å². The van der Waals surface area contributed by atoms with Crippen molar-refractivity contribution in [2.24, 2.45) is 0 Å². The fraction of sp³-hybridized carbons (Fsp3) is 0.344. The molecule has 2 N–H and O–H groups in total. The maximum Gasteiger partial charge on any atom is 0.407 e. The number of ether oxygens (including phenoxy) is 1. The van der Waals surface area contributed by atoms with Crippen molar-refractivity contribution >= 4 is 18.0 Å². The molecule has 0 saturated heterocycles. The second-order valence-electron chi connectivity index (χ2n) is 10.1. The van der Waals surface area contributed by atoms with E-state index in [0.717, 1.165) is 27.8 Å². The van der Waals surface area contributed by atoms with Gasteiger partial charge in [-0.2, -0.15) is 0 Å². The number of fused-ring (bicyclic) bond motifs is 3. The highest BCUT2D eigenvalue weighted by Gasteiger charge is 2.31. The molecule has 1 unspecified atom stereocenters. The van der Waals surface area contributed by atoms with Gasteiger partial charge in [0.25, 0.3) is 0 Å². The van der Waals surface area contributed by atoms with Gasteiger partial charge < -0.3 is 20.1 Å². The Labute approximate surface area is 235 Å². The van der Waals surface area contributed by atoms with E-state index in [1.807, 2.05) is 73.5 Å². The average Bonchev–Trinajstić information content (AvgIpc) is 3.27. The number of carboxylic acids is 1. The van der Waals surface area contributed by atoms with E-state index in [1.54, 1.807) is 4.90 Å². The van der Waals surface area contributed by atoms with E-state index in [-0.39, 0.29) is 31.4 Å². The summed E-state index contributed by atoms with van der Waals surface area (Å²) in [6.45, 7) is 3.57. The summed E-state index contributed by atoms with van der Waals surface area (Å²) < 4.78 is 5.73. The molecule has 8 heteroatoms. The molecule has 1 atom stereocenters. The first-order chi connectivity index (χ1) is 19.4. The summed E-state index contributed by atoms with van der Waals surface area (Å²) in [7, 11) is 1.90. The highest BCUT2D eigenvalue weighted by molar-refractivity contribution is 5.86. The topological polar surface area (TPSA) is 99.2 Å². The summed E-state index contributed by atoms with van der Waals surface area (Å²) in [4.78, 5) is 41.2. The standard InChI is InChI=1S/C32H37N3O5/c1-3-35(19-11-18-30(36)37)31(38)29(21-34(2)20-23-12-5-4-6-13-23)33-32(39)40-22-28-26-16-9-7-14-24(26)25-15-8-10-17-27(25)28/h4-10,12-17,28-29H,3,11,18-22H2,1-2H3,(H,33,39)(H,36,37). The quantitative estimate of drug-likeness (QED) is 0.323. The Morgan fingerprint density at radius 3 is 2.12 bits per heavy atom. The van der Waals surface area contributed by atoms with Crippen LogP contribution in [0, 0.1) is 0 Å². The number of carbonyl (C=O) groups is 3. The summed E-state index contributed by atoms with van der Waals surface area (Å²) in [6.07, 6.45) is -0.343. The van der Waals surface area contributed by atoms with Crippen LogP contribution in [0.1, 0.15) is 42.4 Å². The number of hydrogen-bond donors (Lipinski definition) is 2. The van der Waals surface area contributed by atoms with Crippen LogP contribution in [0.25, 0.3) is 11.1 Å². The third-order valence-electron chi connectivity index (χ3n) is 7.24. The summed E-state index contributed by atoms with van der Waals surface area (Å²) in [5.74, 6) is -1.25. The normalized spacial score (nSPS) is 12.9. The summed E-state index contributed by atoms with van der Waals surface area (Å²) in [6, 6.07) is 25.3. The molecule has 0 heterocycles. The first-order valence-electron chi connectivity index (χ1n) is 13.7. The number of benzene rings is 3. The van der Waals surface area contributed by atoms with Gasteiger partial charge in [0.2, 0.25) is 5.91 Å². The van der Waals surface area contributed by atoms with Crippen LogP contribution >= 0.6 is 0 Å². The van der Waals surface area contributed by atoms with Crippen LogP contribution in [-0.2, 0) is 20.9 Å². The predicted molar refractivity (Wildman–Crippen MR) is 154 cm³/mol. The summed E-state index contributed by atoms with van der Waals surface area (Å²) in [5, 5.41) is 11.8. The molecule has 1 aliphatic rings. The van der Waals surface area contributed by atoms with E-state index in [9.17, 15) is 14.4 Å². The van der Waals surface area contributed by atoms with Crippen molar-refractivity contribution in [2.75, 3.05) is 33.3 Å². The molecule has 3 aromatic carbocycles. The van der Waals surface area contributed by atoms with Crippen molar-refractivity contribution in [2.45, 2.75) is 38.3 Å². The molecule has 4 rings (SSSR count). The second kappa shape index (κ2) is 13.8. The summed E-state index contributed by atoms with van der Waals surface area (Å²) in [5.41, 5.74) is 5.60. The molecule has 0 spiro atoms. The van der Waals surface area contributed by atoms with Crippen molar-refractivity contribution in [3.8, 4) is 11.1 Å². The molecular formula is C32H37N3O5. The van der Waals surface area contributed by atoms with Crippen LogP contribution in [0.4, 0.5) is 4.79 Å². The van der Waals surface area contributed by atoms with Crippen LogP contribution in [0.2, 0.25) is 0 Å². The SMILES string of the molecule is CCN(CCCC(=O)O)C(=O)C(CN(C)Cc1ccccc1)NC(=O)OCC1c2ccccc2-c2ccccc21. The van der Waals surface area contributed by atoms with Crippen molar-refractivity contribution in [1.29, 1.82) is 0 Å². The van der Waals surface area contributed by atoms with Crippen molar-refractivity contribution in [1.82, 2.24) is 15.1 Å². The molecule has 8 nitrogen and oxygen atoms in total. The molecule has 40 heavy (non-hydrogen) atoms. The second-order valence-corrected chi connectivity index (χ2v) is 10.1. The third kappa shape index (κ3) is 7.27. The molecule has 210 valence electrons. The van der Waals surface area contributed by atoms with Crippen LogP contribution < -0.4 is 5.32 Å². The van der Waals surface area contributed by atoms with Crippen molar-refractivity contribution in [3.05, 3.63) is 95.6 Å². The molecule has 0 aromatic heterocycles. The fourth-order valence-electron chi connectivity index (χ4n) is 5.30. The zero-order valence-corrected chi connectivity index (χ0v) is 23.1. The van der Waals surface area contributed by atoms with Gasteiger partial charge in [-0.3, -0.25) is 14.5 Å². The number of hydrogen-bond acceptors (Lipinski definition) is 5. The number of likely N-dealkylation sites (N-methyl/N-ethyl adjacent to an activating group) is 2. The van der Waals surface area contributed by atoms with E-state index < -0.39 is 18.1 Å². The van der Waals surface area contributed by atoms with Gasteiger partial charge in [-0.1, -0.05) is 78.9 Å². The van der Waals surface area contributed by atoms with Gasteiger partial charge in [0.05, 0.1) is 0 Å². The lowest BCUT2D eigenvalue weighted by molar-refractivity contribution is -0.138. The van der Waals surface area contributed by atoms with Crippen LogP contribution in [0.15, 0.2) is 78.9 Å². The smallest absolute Gasteiger partial charge is 0.407 e. The predicted octanol–water partition coefficient (Wildman–Crippen LogP) is 4.74. The number of carboxylic acid groups (broad SMARTS) is 1. The zero-order chi connectivity index (χ0) is 28.5. The maximum absolute atomic E-state index is 13.5. The summed E-state index contributed by atoms with van der Waals surface area (Å²) >= 11 is 0. The Balaban J connectivity index is 1.44. The minimum absolute atomic E-state index is 0.0256. The van der Waals surface area contributed by atoms with E-state index >= 15 is 0 Å². The van der Waals surface area contributed by atoms with Gasteiger partial charge in [-0.05, 0) is 48.2 Å². The van der Waals surface area contributed by atoms with Crippen molar-refractivity contribution < 1.29 is 24.2 Å². The van der Waals surface area contributed by atoms with E-state index in [2.05, 4.69) is 29.6 Å². The molecule has 0 aliphatic heterocycles. The monoisotopic (exact) mass is 543 g/mol. The number of rotatable bonds is 13. The van der Waals surface area contributed by atoms with Crippen LogP contribution in [0.5, 0.6) is 0 Å². The van der Waals surface area contributed by atoms with Crippen LogP contribution in [-0.4, -0.2) is 72.2 Å². The third-order valence-corrected chi connectivity index (χ3v) is 7.24. The Hall–Kier alpha value is -4.17. The number of nitrogens with zero attached hydrogens (tertiary/aromatic N) is 2. The molecule has 0 fully saturated rings.